The molecule has 6 heteroatoms. The van der Waals surface area contributed by atoms with Crippen LogP contribution in [0.1, 0.15) is 24.8 Å². The van der Waals surface area contributed by atoms with Gasteiger partial charge in [0, 0.05) is 42.0 Å². The summed E-state index contributed by atoms with van der Waals surface area (Å²) in [6.07, 6.45) is 18.0. The maximum absolute atomic E-state index is 10.5. The van der Waals surface area contributed by atoms with Crippen LogP contribution in [0.15, 0.2) is 65.6 Å². The fourth-order valence-corrected chi connectivity index (χ4v) is 3.89. The smallest absolute Gasteiger partial charge is 0.328 e. The fourth-order valence-electron chi connectivity index (χ4n) is 3.72. The van der Waals surface area contributed by atoms with Gasteiger partial charge in [0.05, 0.1) is 0 Å². The summed E-state index contributed by atoms with van der Waals surface area (Å²) in [6.45, 7) is 2.51. The topological polar surface area (TPSA) is 61.8 Å². The number of rotatable bonds is 10. The molecule has 0 saturated heterocycles. The summed E-state index contributed by atoms with van der Waals surface area (Å²) in [5.41, 5.74) is 4.80. The Balaban J connectivity index is 1.69. The van der Waals surface area contributed by atoms with Crippen molar-refractivity contribution in [3.8, 4) is 12.3 Å². The zero-order valence-electron chi connectivity index (χ0n) is 17.4. The Morgan fingerprint density at radius 3 is 3.03 bits per heavy atom. The third kappa shape index (κ3) is 6.52. The standard InChI is InChI=1S/C25H27ClN2O3/c1-2-16-31-22-11-12-23-20(17-22)8-7-19-9-10-21(26)18-24(19)28(23)15-4-3-13-27-14-5-6-25(29)30/h1,5-6,8-12,18,27H,3-4,7,13-17H2,(H,29,30)/b6-5+. The lowest BCUT2D eigenvalue weighted by molar-refractivity contribution is -0.131. The van der Waals surface area contributed by atoms with Crippen molar-refractivity contribution in [2.45, 2.75) is 25.7 Å². The summed E-state index contributed by atoms with van der Waals surface area (Å²) >= 11 is 6.33. The van der Waals surface area contributed by atoms with E-state index in [1.807, 2.05) is 18.2 Å². The van der Waals surface area contributed by atoms with Crippen molar-refractivity contribution in [3.63, 3.8) is 0 Å². The molecule has 1 heterocycles. The average molecular weight is 439 g/mol. The van der Waals surface area contributed by atoms with Crippen LogP contribution in [0.2, 0.25) is 5.02 Å². The number of allylic oxidation sites excluding steroid dienone is 5. The molecule has 3 rings (SSSR count). The van der Waals surface area contributed by atoms with Gasteiger partial charge in [0.1, 0.15) is 12.4 Å². The summed E-state index contributed by atoms with van der Waals surface area (Å²) in [6, 6.07) is 6.07. The Morgan fingerprint density at radius 1 is 1.35 bits per heavy atom. The molecule has 2 N–H and O–H groups in total. The van der Waals surface area contributed by atoms with E-state index >= 15 is 0 Å². The van der Waals surface area contributed by atoms with Crippen molar-refractivity contribution in [1.82, 2.24) is 5.32 Å². The van der Waals surface area contributed by atoms with Gasteiger partial charge in [-0.2, -0.15) is 0 Å². The number of hydrogen-bond acceptors (Lipinski definition) is 4. The molecular formula is C25H27ClN2O3. The first-order valence-corrected chi connectivity index (χ1v) is 10.8. The molecule has 0 saturated carbocycles. The molecule has 0 spiro atoms. The second-order valence-corrected chi connectivity index (χ2v) is 7.80. The van der Waals surface area contributed by atoms with Gasteiger partial charge in [0.2, 0.25) is 0 Å². The van der Waals surface area contributed by atoms with Gasteiger partial charge in [-0.25, -0.2) is 4.79 Å². The summed E-state index contributed by atoms with van der Waals surface area (Å²) < 4.78 is 5.66. The molecule has 1 aromatic carbocycles. The Kier molecular flexibility index (Phi) is 8.40. The Morgan fingerprint density at radius 2 is 2.23 bits per heavy atom. The lowest BCUT2D eigenvalue weighted by atomic mass is 10.0. The number of aliphatic carboxylic acids is 1. The highest BCUT2D eigenvalue weighted by atomic mass is 35.5. The van der Waals surface area contributed by atoms with E-state index < -0.39 is 5.97 Å². The molecule has 31 heavy (non-hydrogen) atoms. The molecule has 0 atom stereocenters. The number of anilines is 1. The highest BCUT2D eigenvalue weighted by Crippen LogP contribution is 2.38. The number of carboxylic acid groups (broad SMARTS) is 1. The quantitative estimate of drug-likeness (QED) is 0.321. The molecule has 0 amide bonds. The third-order valence-electron chi connectivity index (χ3n) is 5.17. The first-order chi connectivity index (χ1) is 15.1. The van der Waals surface area contributed by atoms with Gasteiger partial charge in [0.15, 0.2) is 0 Å². The van der Waals surface area contributed by atoms with Crippen molar-refractivity contribution >= 4 is 23.3 Å². The van der Waals surface area contributed by atoms with Gasteiger partial charge < -0.3 is 20.1 Å². The van der Waals surface area contributed by atoms with E-state index in [1.54, 1.807) is 6.08 Å². The summed E-state index contributed by atoms with van der Waals surface area (Å²) in [5, 5.41) is 12.6. The van der Waals surface area contributed by atoms with Crippen LogP contribution in [0, 0.1) is 12.3 Å². The molecular weight excluding hydrogens is 412 g/mol. The van der Waals surface area contributed by atoms with Crippen molar-refractivity contribution in [2.75, 3.05) is 31.1 Å². The van der Waals surface area contributed by atoms with Crippen molar-refractivity contribution in [3.05, 3.63) is 76.2 Å². The number of ether oxygens (including phenoxy) is 1. The third-order valence-corrected chi connectivity index (χ3v) is 5.40. The highest BCUT2D eigenvalue weighted by molar-refractivity contribution is 6.30. The van der Waals surface area contributed by atoms with E-state index in [9.17, 15) is 4.79 Å². The van der Waals surface area contributed by atoms with E-state index in [0.717, 1.165) is 61.3 Å². The zero-order valence-corrected chi connectivity index (χ0v) is 18.2. The highest BCUT2D eigenvalue weighted by Gasteiger charge is 2.24. The summed E-state index contributed by atoms with van der Waals surface area (Å²) in [4.78, 5) is 12.8. The minimum atomic E-state index is -0.924. The first-order valence-electron chi connectivity index (χ1n) is 10.4. The molecule has 1 aromatic rings. The van der Waals surface area contributed by atoms with Crippen LogP contribution in [0.25, 0.3) is 0 Å². The molecule has 0 aromatic heterocycles. The Labute approximate surface area is 188 Å². The van der Waals surface area contributed by atoms with Gasteiger partial charge in [-0.3, -0.25) is 0 Å². The van der Waals surface area contributed by atoms with Crippen molar-refractivity contribution < 1.29 is 14.6 Å². The number of benzene rings is 1. The largest absolute Gasteiger partial charge is 0.485 e. The van der Waals surface area contributed by atoms with Gasteiger partial charge in [-0.15, -0.1) is 6.42 Å². The number of carbonyl (C=O) groups is 1. The number of nitrogens with one attached hydrogen (secondary N) is 1. The number of nitrogens with zero attached hydrogens (tertiary/aromatic N) is 1. The molecule has 0 bridgehead atoms. The number of terminal acetylenes is 1. The van der Waals surface area contributed by atoms with Crippen LogP contribution in [-0.2, 0) is 16.0 Å². The van der Waals surface area contributed by atoms with E-state index in [0.29, 0.717) is 6.54 Å². The van der Waals surface area contributed by atoms with Gasteiger partial charge in [0.25, 0.3) is 0 Å². The first kappa shape index (κ1) is 22.7. The van der Waals surface area contributed by atoms with Gasteiger partial charge in [-0.05, 0) is 61.2 Å². The molecule has 1 aliphatic heterocycles. The average Bonchev–Trinajstić information content (AvgIpc) is 2.90. The minimum Gasteiger partial charge on any atom is -0.485 e. The van der Waals surface area contributed by atoms with Crippen LogP contribution < -0.4 is 10.2 Å². The minimum absolute atomic E-state index is 0.274. The second kappa shape index (κ2) is 11.5. The molecule has 1 aliphatic carbocycles. The summed E-state index contributed by atoms with van der Waals surface area (Å²) in [7, 11) is 0. The van der Waals surface area contributed by atoms with Crippen molar-refractivity contribution in [1.29, 1.82) is 0 Å². The molecule has 0 unspecified atom stereocenters. The SMILES string of the molecule is C#CCOC1=CC=C2C(=CCc3ccc(Cl)cc3N2CCCCNC/C=C/C(=O)O)C1. The van der Waals surface area contributed by atoms with Crippen LogP contribution >= 0.6 is 11.6 Å². The van der Waals surface area contributed by atoms with E-state index in [2.05, 4.69) is 34.4 Å². The van der Waals surface area contributed by atoms with Gasteiger partial charge >= 0.3 is 5.97 Å². The number of carboxylic acids is 1. The van der Waals surface area contributed by atoms with Crippen molar-refractivity contribution in [2.24, 2.45) is 0 Å². The lowest BCUT2D eigenvalue weighted by Gasteiger charge is -2.31. The number of hydrogen-bond donors (Lipinski definition) is 2. The van der Waals surface area contributed by atoms with Crippen LogP contribution in [0.3, 0.4) is 0 Å². The Hall–Kier alpha value is -2.94. The lowest BCUT2D eigenvalue weighted by Crippen LogP contribution is -2.27. The van der Waals surface area contributed by atoms with Crippen LogP contribution in [0.4, 0.5) is 5.69 Å². The maximum Gasteiger partial charge on any atom is 0.328 e. The molecule has 0 radical (unpaired) electrons. The monoisotopic (exact) mass is 438 g/mol. The number of unbranched alkanes of at least 4 members (excludes halogenated alkanes) is 1. The van der Waals surface area contributed by atoms with E-state index in [4.69, 9.17) is 27.9 Å². The van der Waals surface area contributed by atoms with Crippen LogP contribution in [0.5, 0.6) is 0 Å². The number of halogens is 1. The Bertz CT molecular complexity index is 969. The normalized spacial score (nSPS) is 15.2. The predicted octanol–water partition coefficient (Wildman–Crippen LogP) is 4.46. The van der Waals surface area contributed by atoms with E-state index in [1.165, 1.54) is 16.8 Å². The van der Waals surface area contributed by atoms with Gasteiger partial charge in [-0.1, -0.05) is 35.7 Å². The zero-order chi connectivity index (χ0) is 22.1. The maximum atomic E-state index is 10.5. The van der Waals surface area contributed by atoms with E-state index in [-0.39, 0.29) is 6.61 Å². The summed E-state index contributed by atoms with van der Waals surface area (Å²) in [5.74, 6) is 2.48. The van der Waals surface area contributed by atoms with Crippen LogP contribution in [-0.4, -0.2) is 37.3 Å². The molecule has 5 nitrogen and oxygen atoms in total. The molecule has 2 aliphatic rings. The predicted molar refractivity (Wildman–Crippen MR) is 125 cm³/mol. The number of fused-ring (bicyclic) bond motifs is 2. The second-order valence-electron chi connectivity index (χ2n) is 7.36. The molecule has 0 fully saturated rings. The fraction of sp³-hybridized carbons (Fsp3) is 0.320. The molecule has 162 valence electrons.